The lowest BCUT2D eigenvalue weighted by molar-refractivity contribution is -0.192. The highest BCUT2D eigenvalue weighted by Crippen LogP contribution is 2.50. The molecule has 226 valence electrons. The predicted molar refractivity (Wildman–Crippen MR) is 151 cm³/mol. The SMILES string of the molecule is COc1ccc([C@@]23CC[C@@H](NC(=O)Nc4ccccc4C(C)(C)C)C[C@@H]2N(C)CC3)cc1OC.O=C(O)C(F)(F)F. The van der Waals surface area contributed by atoms with Crippen LogP contribution in [0.1, 0.15) is 57.6 Å². The van der Waals surface area contributed by atoms with Crippen LogP contribution in [0.2, 0.25) is 0 Å². The molecule has 1 saturated heterocycles. The number of anilines is 1. The molecule has 0 unspecified atom stereocenters. The lowest BCUT2D eigenvalue weighted by Crippen LogP contribution is -2.52. The van der Waals surface area contributed by atoms with Crippen LogP contribution in [0.3, 0.4) is 0 Å². The van der Waals surface area contributed by atoms with Crippen LogP contribution < -0.4 is 20.1 Å². The molecule has 2 aliphatic rings. The molecule has 8 nitrogen and oxygen atoms in total. The molecule has 1 heterocycles. The number of hydrogen-bond acceptors (Lipinski definition) is 5. The summed E-state index contributed by atoms with van der Waals surface area (Å²) in [5.41, 5.74) is 3.35. The number of carboxylic acid groups (broad SMARTS) is 1. The van der Waals surface area contributed by atoms with E-state index in [-0.39, 0.29) is 22.9 Å². The number of nitrogens with one attached hydrogen (secondary N) is 2. The highest BCUT2D eigenvalue weighted by atomic mass is 19.4. The second-order valence-electron chi connectivity index (χ2n) is 11.6. The van der Waals surface area contributed by atoms with E-state index in [2.05, 4.69) is 61.6 Å². The number of benzene rings is 2. The smallest absolute Gasteiger partial charge is 0.490 e. The van der Waals surface area contributed by atoms with Gasteiger partial charge in [-0.25, -0.2) is 9.59 Å². The Bertz CT molecular complexity index is 1230. The van der Waals surface area contributed by atoms with Crippen LogP contribution in [0.5, 0.6) is 11.5 Å². The molecule has 0 bridgehead atoms. The standard InChI is InChI=1S/C28H39N3O3.C2HF3O2/c1-27(2,3)21-9-7-8-10-22(21)30-26(32)29-20-13-14-28(15-16-31(4)25(28)18-20)19-11-12-23(33-5)24(17-19)34-6;3-2(4,5)1(6)7/h7-12,17,20,25H,13-16,18H2,1-6H3,(H2,29,30,32);(H,6,7)/t20-,25+,28+;/m1./s1. The van der Waals surface area contributed by atoms with Gasteiger partial charge < -0.3 is 30.1 Å². The Morgan fingerprint density at radius 2 is 1.66 bits per heavy atom. The molecule has 4 rings (SSSR count). The number of carboxylic acids is 1. The van der Waals surface area contributed by atoms with Crippen molar-refractivity contribution < 1.29 is 37.3 Å². The number of fused-ring (bicyclic) bond motifs is 1. The van der Waals surface area contributed by atoms with Crippen LogP contribution in [0.15, 0.2) is 42.5 Å². The van der Waals surface area contributed by atoms with Gasteiger partial charge in [0.1, 0.15) is 0 Å². The first-order valence-corrected chi connectivity index (χ1v) is 13.5. The van der Waals surface area contributed by atoms with Crippen molar-refractivity contribution in [2.75, 3.05) is 33.1 Å². The topological polar surface area (TPSA) is 100 Å². The number of halogens is 3. The molecule has 0 aromatic heterocycles. The Morgan fingerprint density at radius 1 is 1.02 bits per heavy atom. The molecule has 2 amide bonds. The van der Waals surface area contributed by atoms with Crippen molar-refractivity contribution in [3.8, 4) is 11.5 Å². The zero-order valence-corrected chi connectivity index (χ0v) is 24.4. The van der Waals surface area contributed by atoms with Crippen molar-refractivity contribution in [1.29, 1.82) is 0 Å². The van der Waals surface area contributed by atoms with E-state index in [1.165, 1.54) is 5.56 Å². The molecule has 11 heteroatoms. The average Bonchev–Trinajstić information content (AvgIpc) is 3.24. The molecule has 41 heavy (non-hydrogen) atoms. The molecule has 1 aliphatic heterocycles. The number of likely N-dealkylation sites (N-methyl/N-ethyl adjacent to an activating group) is 1. The molecular weight excluding hydrogens is 539 g/mol. The van der Waals surface area contributed by atoms with Gasteiger partial charge in [0, 0.05) is 23.2 Å². The maximum atomic E-state index is 13.0. The molecule has 1 aliphatic carbocycles. The third-order valence-electron chi connectivity index (χ3n) is 8.05. The van der Waals surface area contributed by atoms with Gasteiger partial charge in [0.15, 0.2) is 11.5 Å². The second-order valence-corrected chi connectivity index (χ2v) is 11.6. The summed E-state index contributed by atoms with van der Waals surface area (Å²) in [5.74, 6) is -1.22. The number of hydrogen-bond donors (Lipinski definition) is 3. The molecule has 2 aromatic carbocycles. The summed E-state index contributed by atoms with van der Waals surface area (Å²) >= 11 is 0. The summed E-state index contributed by atoms with van der Waals surface area (Å²) in [7, 11) is 5.56. The van der Waals surface area contributed by atoms with Crippen molar-refractivity contribution >= 4 is 17.7 Å². The van der Waals surface area contributed by atoms with E-state index in [4.69, 9.17) is 19.4 Å². The highest BCUT2D eigenvalue weighted by Gasteiger charge is 2.50. The number of rotatable bonds is 5. The number of nitrogens with zero attached hydrogens (tertiary/aromatic N) is 1. The third-order valence-corrected chi connectivity index (χ3v) is 8.05. The van der Waals surface area contributed by atoms with Crippen LogP contribution >= 0.6 is 0 Å². The fourth-order valence-electron chi connectivity index (χ4n) is 5.98. The zero-order valence-electron chi connectivity index (χ0n) is 24.4. The minimum absolute atomic E-state index is 0.0414. The summed E-state index contributed by atoms with van der Waals surface area (Å²) in [6, 6.07) is 14.8. The first-order valence-electron chi connectivity index (χ1n) is 13.5. The van der Waals surface area contributed by atoms with Crippen LogP contribution in [-0.2, 0) is 15.6 Å². The molecule has 3 N–H and O–H groups in total. The second kappa shape index (κ2) is 12.6. The molecular formula is C30H40F3N3O5. The number of aliphatic carboxylic acids is 1. The predicted octanol–water partition coefficient (Wildman–Crippen LogP) is 5.95. The Balaban J connectivity index is 0.000000587. The van der Waals surface area contributed by atoms with E-state index in [9.17, 15) is 18.0 Å². The Hall–Kier alpha value is -3.47. The van der Waals surface area contributed by atoms with Crippen molar-refractivity contribution in [3.63, 3.8) is 0 Å². The van der Waals surface area contributed by atoms with Gasteiger partial charge in [0.2, 0.25) is 0 Å². The number of ether oxygens (including phenoxy) is 2. The van der Waals surface area contributed by atoms with E-state index >= 15 is 0 Å². The molecule has 2 aromatic rings. The Labute approximate surface area is 239 Å². The molecule has 0 radical (unpaired) electrons. The van der Waals surface area contributed by atoms with Gasteiger partial charge in [0.05, 0.1) is 14.2 Å². The van der Waals surface area contributed by atoms with Crippen LogP contribution in [0.4, 0.5) is 23.7 Å². The van der Waals surface area contributed by atoms with Gasteiger partial charge in [0.25, 0.3) is 0 Å². The van der Waals surface area contributed by atoms with Crippen molar-refractivity contribution in [2.24, 2.45) is 0 Å². The van der Waals surface area contributed by atoms with Gasteiger partial charge in [-0.3, -0.25) is 0 Å². The van der Waals surface area contributed by atoms with E-state index in [1.54, 1.807) is 14.2 Å². The van der Waals surface area contributed by atoms with E-state index in [0.29, 0.717) is 6.04 Å². The Kier molecular flexibility index (Phi) is 9.84. The quantitative estimate of drug-likeness (QED) is 0.405. The van der Waals surface area contributed by atoms with Crippen molar-refractivity contribution in [3.05, 3.63) is 53.6 Å². The fourth-order valence-corrected chi connectivity index (χ4v) is 5.98. The number of carbonyl (C=O) groups is 2. The number of likely N-dealkylation sites (tertiary alicyclic amines) is 1. The largest absolute Gasteiger partial charge is 0.493 e. The highest BCUT2D eigenvalue weighted by molar-refractivity contribution is 5.90. The maximum absolute atomic E-state index is 13.0. The van der Waals surface area contributed by atoms with Gasteiger partial charge in [-0.2, -0.15) is 13.2 Å². The molecule has 1 saturated carbocycles. The summed E-state index contributed by atoms with van der Waals surface area (Å²) in [6.07, 6.45) is -1.06. The van der Waals surface area contributed by atoms with Crippen molar-refractivity contribution in [2.45, 2.75) is 75.5 Å². The van der Waals surface area contributed by atoms with Crippen molar-refractivity contribution in [1.82, 2.24) is 10.2 Å². The Morgan fingerprint density at radius 3 is 2.24 bits per heavy atom. The number of methoxy groups -OCH3 is 2. The molecule has 0 spiro atoms. The fraction of sp³-hybridized carbons (Fsp3) is 0.533. The first-order chi connectivity index (χ1) is 19.1. The number of carbonyl (C=O) groups excluding carboxylic acids is 1. The third kappa shape index (κ3) is 7.44. The first kappa shape index (κ1) is 32.0. The van der Waals surface area contributed by atoms with Crippen LogP contribution in [0.25, 0.3) is 0 Å². The van der Waals surface area contributed by atoms with Crippen LogP contribution in [0, 0.1) is 0 Å². The zero-order chi connectivity index (χ0) is 30.6. The number of urea groups is 1. The van der Waals surface area contributed by atoms with E-state index < -0.39 is 12.1 Å². The lowest BCUT2D eigenvalue weighted by atomic mass is 9.65. The lowest BCUT2D eigenvalue weighted by Gasteiger charge is -2.45. The van der Waals surface area contributed by atoms with Gasteiger partial charge in [-0.1, -0.05) is 45.0 Å². The number of amides is 2. The van der Waals surface area contributed by atoms with Gasteiger partial charge in [-0.05, 0) is 74.0 Å². The normalized spacial score (nSPS) is 22.6. The molecule has 2 fully saturated rings. The minimum atomic E-state index is -5.08. The van der Waals surface area contributed by atoms with E-state index in [0.717, 1.165) is 55.0 Å². The molecule has 3 atom stereocenters. The van der Waals surface area contributed by atoms with E-state index in [1.807, 2.05) is 24.3 Å². The maximum Gasteiger partial charge on any atom is 0.490 e. The summed E-state index contributed by atoms with van der Waals surface area (Å²) in [6.45, 7) is 7.54. The van der Waals surface area contributed by atoms with Gasteiger partial charge >= 0.3 is 18.2 Å². The van der Waals surface area contributed by atoms with Crippen LogP contribution in [-0.4, -0.2) is 68.1 Å². The van der Waals surface area contributed by atoms with Gasteiger partial charge in [-0.15, -0.1) is 0 Å². The summed E-state index contributed by atoms with van der Waals surface area (Å²) < 4.78 is 42.8. The number of alkyl halides is 3. The summed E-state index contributed by atoms with van der Waals surface area (Å²) in [5, 5.41) is 13.5. The average molecular weight is 580 g/mol. The minimum Gasteiger partial charge on any atom is -0.493 e. The summed E-state index contributed by atoms with van der Waals surface area (Å²) in [4.78, 5) is 24.3. The number of para-hydroxylation sites is 1. The monoisotopic (exact) mass is 579 g/mol.